The molecule has 0 radical (unpaired) electrons. The van der Waals surface area contributed by atoms with Crippen molar-refractivity contribution < 1.29 is 65.4 Å². The van der Waals surface area contributed by atoms with E-state index in [2.05, 4.69) is 25.8 Å². The SMILES string of the molecule is Nc1cccc(C(=O)Nc2ccc3c(O)c(N=Nc4ccc(N=Nc5ccc(S(=O)(=O)O)cc5)cc4)c(S(=O)(=O)O)cc3c2)c1.[Na+]. The number of phenolic OH excluding ortho intramolecular Hbond substituents is 1. The van der Waals surface area contributed by atoms with Crippen LogP contribution < -0.4 is 40.6 Å². The molecule has 0 aliphatic heterocycles. The second-order valence-corrected chi connectivity index (χ2v) is 12.3. The zero-order chi connectivity index (χ0) is 32.4. The first-order chi connectivity index (χ1) is 21.3. The van der Waals surface area contributed by atoms with Gasteiger partial charge in [-0.3, -0.25) is 13.9 Å². The van der Waals surface area contributed by atoms with Gasteiger partial charge in [0.05, 0.1) is 22.0 Å². The van der Waals surface area contributed by atoms with Gasteiger partial charge >= 0.3 is 29.6 Å². The van der Waals surface area contributed by atoms with Gasteiger partial charge in [-0.1, -0.05) is 6.07 Å². The number of anilines is 2. The molecule has 0 unspecified atom stereocenters. The van der Waals surface area contributed by atoms with E-state index in [9.17, 15) is 31.3 Å². The number of hydrogen-bond acceptors (Lipinski definition) is 11. The van der Waals surface area contributed by atoms with E-state index in [4.69, 9.17) is 10.3 Å². The summed E-state index contributed by atoms with van der Waals surface area (Å²) < 4.78 is 65.7. The van der Waals surface area contributed by atoms with Crippen LogP contribution in [-0.2, 0) is 20.2 Å². The largest absolute Gasteiger partial charge is 1.00 e. The van der Waals surface area contributed by atoms with Crippen molar-refractivity contribution in [2.75, 3.05) is 11.1 Å². The normalized spacial score (nSPS) is 12.0. The number of carbonyl (C=O) groups excluding carboxylic acids is 1. The Balaban J connectivity index is 0.00000480. The minimum Gasteiger partial charge on any atom is -0.505 e. The number of benzene rings is 5. The summed E-state index contributed by atoms with van der Waals surface area (Å²) in [6.45, 7) is 0. The van der Waals surface area contributed by atoms with Crippen molar-refractivity contribution in [2.45, 2.75) is 9.79 Å². The molecule has 46 heavy (non-hydrogen) atoms. The third-order valence-corrected chi connectivity index (χ3v) is 8.00. The van der Waals surface area contributed by atoms with E-state index in [1.807, 2.05) is 0 Å². The summed E-state index contributed by atoms with van der Waals surface area (Å²) in [6, 6.07) is 22.9. The molecule has 0 aromatic heterocycles. The number of nitrogens with two attached hydrogens (primary N) is 1. The Morgan fingerprint density at radius 3 is 1.80 bits per heavy atom. The average Bonchev–Trinajstić information content (AvgIpc) is 2.99. The topological polar surface area (TPSA) is 234 Å². The zero-order valence-corrected chi connectivity index (χ0v) is 27.4. The second kappa shape index (κ2) is 13.8. The molecule has 0 fully saturated rings. The van der Waals surface area contributed by atoms with Crippen LogP contribution in [-0.4, -0.2) is 37.0 Å². The summed E-state index contributed by atoms with van der Waals surface area (Å²) in [5, 5.41) is 29.8. The van der Waals surface area contributed by atoms with Crippen molar-refractivity contribution in [2.24, 2.45) is 20.5 Å². The summed E-state index contributed by atoms with van der Waals surface area (Å²) >= 11 is 0. The standard InChI is InChI=1S/C29H22N6O8S2.Na/c30-19-3-1-2-17(14-19)29(37)31-23-10-13-25-18(15-23)16-26(45(41,42)43)27(28(25)36)35-34-21-6-4-20(5-7-21)32-33-22-8-11-24(12-9-22)44(38,39)40;/h1-16,36H,30H2,(H,31,37)(H,38,39,40)(H,41,42,43);/q;+1. The average molecular weight is 670 g/mol. The molecule has 0 aliphatic carbocycles. The van der Waals surface area contributed by atoms with E-state index in [1.165, 1.54) is 72.8 Å². The van der Waals surface area contributed by atoms with Gasteiger partial charge in [-0.25, -0.2) is 0 Å². The number of hydrogen-bond donors (Lipinski definition) is 5. The molecule has 0 saturated heterocycles. The molecule has 0 heterocycles. The van der Waals surface area contributed by atoms with Crippen molar-refractivity contribution in [1.29, 1.82) is 0 Å². The van der Waals surface area contributed by atoms with Crippen LogP contribution in [0.1, 0.15) is 10.4 Å². The summed E-state index contributed by atoms with van der Waals surface area (Å²) in [5.41, 5.74) is 7.18. The molecular formula is C29H22N6NaO8S2+. The summed E-state index contributed by atoms with van der Waals surface area (Å²) in [7, 11) is -9.21. The maximum Gasteiger partial charge on any atom is 1.00 e. The smallest absolute Gasteiger partial charge is 0.505 e. The molecule has 17 heteroatoms. The molecule has 5 aromatic carbocycles. The molecule has 0 aliphatic rings. The molecule has 228 valence electrons. The van der Waals surface area contributed by atoms with Gasteiger partial charge in [0.25, 0.3) is 26.1 Å². The molecule has 1 amide bonds. The summed E-state index contributed by atoms with van der Waals surface area (Å²) in [5.74, 6) is -1.03. The van der Waals surface area contributed by atoms with Gasteiger partial charge in [0, 0.05) is 22.3 Å². The quantitative estimate of drug-likeness (QED) is 0.0700. The van der Waals surface area contributed by atoms with Crippen molar-refractivity contribution in [3.63, 3.8) is 0 Å². The third-order valence-electron chi connectivity index (χ3n) is 6.27. The van der Waals surface area contributed by atoms with E-state index in [1.54, 1.807) is 18.2 Å². The Bertz CT molecular complexity index is 2230. The molecule has 0 saturated carbocycles. The Kier molecular flexibility index (Phi) is 10.3. The van der Waals surface area contributed by atoms with Crippen LogP contribution in [0, 0.1) is 0 Å². The van der Waals surface area contributed by atoms with E-state index < -0.39 is 42.5 Å². The molecule has 0 bridgehead atoms. The van der Waals surface area contributed by atoms with Crippen molar-refractivity contribution >= 4 is 71.0 Å². The number of azo groups is 2. The van der Waals surface area contributed by atoms with Crippen LogP contribution in [0.25, 0.3) is 10.8 Å². The fourth-order valence-corrected chi connectivity index (χ4v) is 5.24. The Morgan fingerprint density at radius 1 is 0.696 bits per heavy atom. The fraction of sp³-hybridized carbons (Fsp3) is 0. The molecule has 6 N–H and O–H groups in total. The molecular weight excluding hydrogens is 647 g/mol. The fourth-order valence-electron chi connectivity index (χ4n) is 4.10. The van der Waals surface area contributed by atoms with Crippen molar-refractivity contribution in [3.05, 3.63) is 103 Å². The molecule has 5 aromatic rings. The predicted molar refractivity (Wildman–Crippen MR) is 165 cm³/mol. The van der Waals surface area contributed by atoms with Crippen molar-refractivity contribution in [1.82, 2.24) is 0 Å². The zero-order valence-electron chi connectivity index (χ0n) is 23.8. The van der Waals surface area contributed by atoms with Crippen LogP contribution in [0.15, 0.2) is 127 Å². The number of nitrogen functional groups attached to an aromatic ring is 1. The predicted octanol–water partition coefficient (Wildman–Crippen LogP) is 3.71. The van der Waals surface area contributed by atoms with Crippen LogP contribution in [0.2, 0.25) is 0 Å². The maximum atomic E-state index is 12.6. The van der Waals surface area contributed by atoms with Gasteiger partial charge in [-0.05, 0) is 96.4 Å². The van der Waals surface area contributed by atoms with Crippen LogP contribution in [0.5, 0.6) is 5.75 Å². The Morgan fingerprint density at radius 2 is 1.26 bits per heavy atom. The van der Waals surface area contributed by atoms with E-state index in [0.717, 1.165) is 6.07 Å². The molecule has 14 nitrogen and oxygen atoms in total. The Labute approximate surface area is 284 Å². The van der Waals surface area contributed by atoms with Crippen molar-refractivity contribution in [3.8, 4) is 5.75 Å². The number of carbonyl (C=O) groups is 1. The number of aromatic hydroxyl groups is 1. The first kappa shape index (κ1) is 34.3. The molecule has 5 rings (SSSR count). The van der Waals surface area contributed by atoms with Gasteiger partial charge in [0.1, 0.15) is 10.6 Å². The first-order valence-electron chi connectivity index (χ1n) is 12.7. The van der Waals surface area contributed by atoms with Gasteiger partial charge in [0.15, 0.2) is 5.75 Å². The number of nitrogens with one attached hydrogen (secondary N) is 1. The number of amides is 1. The number of rotatable bonds is 8. The first-order valence-corrected chi connectivity index (χ1v) is 15.6. The third kappa shape index (κ3) is 8.18. The number of fused-ring (bicyclic) bond motifs is 1. The van der Waals surface area contributed by atoms with Gasteiger partial charge in [-0.15, -0.1) is 5.11 Å². The maximum absolute atomic E-state index is 12.6. The number of phenols is 1. The molecule has 0 spiro atoms. The van der Waals surface area contributed by atoms with Gasteiger partial charge < -0.3 is 16.2 Å². The van der Waals surface area contributed by atoms with E-state index in [-0.39, 0.29) is 56.6 Å². The van der Waals surface area contributed by atoms with Gasteiger partial charge in [0.2, 0.25) is 0 Å². The van der Waals surface area contributed by atoms with Gasteiger partial charge in [-0.2, -0.15) is 32.2 Å². The second-order valence-electron chi connectivity index (χ2n) is 9.45. The van der Waals surface area contributed by atoms with Crippen LogP contribution in [0.4, 0.5) is 34.1 Å². The molecule has 0 atom stereocenters. The van der Waals surface area contributed by atoms with Crippen LogP contribution in [0.3, 0.4) is 0 Å². The van der Waals surface area contributed by atoms with Crippen LogP contribution >= 0.6 is 0 Å². The summed E-state index contributed by atoms with van der Waals surface area (Å²) in [4.78, 5) is 11.6. The minimum atomic E-state index is -4.88. The van der Waals surface area contributed by atoms with E-state index in [0.29, 0.717) is 22.6 Å². The monoisotopic (exact) mass is 669 g/mol. The Hall–Kier alpha value is -4.55. The number of nitrogens with zero attached hydrogens (tertiary/aromatic N) is 4. The van der Waals surface area contributed by atoms with E-state index >= 15 is 0 Å². The minimum absolute atomic E-state index is 0. The summed E-state index contributed by atoms with van der Waals surface area (Å²) in [6.07, 6.45) is 0.